The van der Waals surface area contributed by atoms with Crippen molar-refractivity contribution in [3.8, 4) is 0 Å². The zero-order valence-electron chi connectivity index (χ0n) is 14.1. The zero-order valence-corrected chi connectivity index (χ0v) is 15.1. The molecule has 1 nitrogen and oxygen atoms in total. The monoisotopic (exact) mass is 304 g/mol. The highest BCUT2D eigenvalue weighted by Crippen LogP contribution is 2.21. The second-order valence-electron chi connectivity index (χ2n) is 5.86. The summed E-state index contributed by atoms with van der Waals surface area (Å²) < 4.78 is 5.72. The van der Waals surface area contributed by atoms with E-state index in [9.17, 15) is 0 Å². The summed E-state index contributed by atoms with van der Waals surface area (Å²) in [6, 6.07) is 14.6. The zero-order chi connectivity index (χ0) is 15.4. The molecule has 0 saturated heterocycles. The Bertz CT molecular complexity index is 374. The molecule has 0 radical (unpaired) electrons. The molecule has 0 amide bonds. The SMILES string of the molecule is CC[Si](/C=C\CCCCOCc1ccccc1)(CC)CC. The van der Waals surface area contributed by atoms with Crippen LogP contribution in [0.4, 0.5) is 0 Å². The maximum absolute atomic E-state index is 5.72. The van der Waals surface area contributed by atoms with Gasteiger partial charge in [0.1, 0.15) is 0 Å². The molecule has 0 saturated carbocycles. The molecule has 0 bridgehead atoms. The quantitative estimate of drug-likeness (QED) is 0.361. The normalized spacial score (nSPS) is 12.1. The Balaban J connectivity index is 2.09. The molecular weight excluding hydrogens is 272 g/mol. The summed E-state index contributed by atoms with van der Waals surface area (Å²) in [4.78, 5) is 0. The molecule has 0 heterocycles. The summed E-state index contributed by atoms with van der Waals surface area (Å²) in [7, 11) is -1.05. The average molecular weight is 305 g/mol. The summed E-state index contributed by atoms with van der Waals surface area (Å²) in [6.45, 7) is 8.71. The van der Waals surface area contributed by atoms with E-state index in [1.54, 1.807) is 0 Å². The molecule has 0 atom stereocenters. The van der Waals surface area contributed by atoms with Crippen LogP contribution < -0.4 is 0 Å². The van der Waals surface area contributed by atoms with Gasteiger partial charge in [-0.15, -0.1) is 0 Å². The van der Waals surface area contributed by atoms with Crippen molar-refractivity contribution in [1.82, 2.24) is 0 Å². The number of ether oxygens (including phenoxy) is 1. The van der Waals surface area contributed by atoms with Gasteiger partial charge in [0.05, 0.1) is 14.7 Å². The lowest BCUT2D eigenvalue weighted by molar-refractivity contribution is 0.117. The van der Waals surface area contributed by atoms with Crippen molar-refractivity contribution in [1.29, 1.82) is 0 Å². The van der Waals surface area contributed by atoms with Crippen LogP contribution in [0.3, 0.4) is 0 Å². The number of rotatable bonds is 11. The van der Waals surface area contributed by atoms with Gasteiger partial charge in [-0.3, -0.25) is 0 Å². The minimum atomic E-state index is -1.05. The van der Waals surface area contributed by atoms with E-state index in [1.807, 2.05) is 6.07 Å². The molecule has 1 aromatic rings. The molecule has 0 aliphatic carbocycles. The van der Waals surface area contributed by atoms with Gasteiger partial charge in [-0.1, -0.05) is 81.0 Å². The number of allylic oxidation sites excluding steroid dienone is 1. The van der Waals surface area contributed by atoms with Crippen molar-refractivity contribution in [2.75, 3.05) is 6.61 Å². The molecule has 2 heteroatoms. The minimum absolute atomic E-state index is 0.744. The van der Waals surface area contributed by atoms with E-state index >= 15 is 0 Å². The van der Waals surface area contributed by atoms with E-state index in [0.29, 0.717) is 0 Å². The predicted molar refractivity (Wildman–Crippen MR) is 96.3 cm³/mol. The third kappa shape index (κ3) is 7.10. The average Bonchev–Trinajstić information content (AvgIpc) is 2.55. The van der Waals surface area contributed by atoms with Gasteiger partial charge in [0.15, 0.2) is 0 Å². The smallest absolute Gasteiger partial charge is 0.0766 e. The van der Waals surface area contributed by atoms with Crippen LogP contribution in [0.1, 0.15) is 45.6 Å². The summed E-state index contributed by atoms with van der Waals surface area (Å²) in [5.41, 5.74) is 3.86. The van der Waals surface area contributed by atoms with Crippen molar-refractivity contribution < 1.29 is 4.74 Å². The van der Waals surface area contributed by atoms with Crippen LogP contribution in [0.25, 0.3) is 0 Å². The molecule has 118 valence electrons. The molecule has 0 fully saturated rings. The molecule has 1 aromatic carbocycles. The maximum atomic E-state index is 5.72. The van der Waals surface area contributed by atoms with Gasteiger partial charge in [0.25, 0.3) is 0 Å². The van der Waals surface area contributed by atoms with Crippen LogP contribution in [-0.4, -0.2) is 14.7 Å². The first-order chi connectivity index (χ1) is 10.3. The van der Waals surface area contributed by atoms with Crippen LogP contribution >= 0.6 is 0 Å². The fourth-order valence-electron chi connectivity index (χ4n) is 2.67. The first-order valence-corrected chi connectivity index (χ1v) is 11.3. The first-order valence-electron chi connectivity index (χ1n) is 8.55. The summed E-state index contributed by atoms with van der Waals surface area (Å²) >= 11 is 0. The molecule has 21 heavy (non-hydrogen) atoms. The maximum Gasteiger partial charge on any atom is 0.0766 e. The number of hydrogen-bond donors (Lipinski definition) is 0. The molecule has 0 aliphatic heterocycles. The van der Waals surface area contributed by atoms with Gasteiger partial charge < -0.3 is 4.74 Å². The highest BCUT2D eigenvalue weighted by molar-refractivity contribution is 6.84. The van der Waals surface area contributed by atoms with Crippen molar-refractivity contribution in [3.63, 3.8) is 0 Å². The van der Waals surface area contributed by atoms with Gasteiger partial charge in [-0.25, -0.2) is 0 Å². The largest absolute Gasteiger partial charge is 0.377 e. The molecule has 1 rings (SSSR count). The Labute approximate surface area is 132 Å². The fourth-order valence-corrected chi connectivity index (χ4v) is 5.54. The van der Waals surface area contributed by atoms with Crippen LogP contribution in [0, 0.1) is 0 Å². The highest BCUT2D eigenvalue weighted by Gasteiger charge is 2.22. The van der Waals surface area contributed by atoms with Crippen LogP contribution in [0.5, 0.6) is 0 Å². The Hall–Kier alpha value is -0.863. The van der Waals surface area contributed by atoms with Gasteiger partial charge in [0.2, 0.25) is 0 Å². The minimum Gasteiger partial charge on any atom is -0.377 e. The van der Waals surface area contributed by atoms with Crippen molar-refractivity contribution >= 4 is 8.07 Å². The van der Waals surface area contributed by atoms with E-state index in [2.05, 4.69) is 56.8 Å². The second-order valence-corrected chi connectivity index (χ2v) is 11.0. The fraction of sp³-hybridized carbons (Fsp3) is 0.579. The van der Waals surface area contributed by atoms with E-state index in [0.717, 1.165) is 19.6 Å². The summed E-state index contributed by atoms with van der Waals surface area (Å²) in [5, 5.41) is 0. The van der Waals surface area contributed by atoms with E-state index in [1.165, 1.54) is 36.5 Å². The van der Waals surface area contributed by atoms with Gasteiger partial charge in [-0.2, -0.15) is 0 Å². The van der Waals surface area contributed by atoms with Crippen molar-refractivity contribution in [2.24, 2.45) is 0 Å². The standard InChI is InChI=1S/C19H32OSi/c1-4-21(5-2,6-3)17-13-8-7-12-16-20-18-19-14-10-9-11-15-19/h9-11,13-15,17H,4-8,12,16,18H2,1-3H3/b17-13-. The third-order valence-electron chi connectivity index (χ3n) is 4.60. The molecule has 0 N–H and O–H groups in total. The Morgan fingerprint density at radius 1 is 0.952 bits per heavy atom. The Morgan fingerprint density at radius 3 is 2.24 bits per heavy atom. The summed E-state index contributed by atoms with van der Waals surface area (Å²) in [5.74, 6) is 0. The molecule has 0 aliphatic rings. The molecular formula is C19H32OSi. The molecule has 0 spiro atoms. The lowest BCUT2D eigenvalue weighted by Gasteiger charge is -2.23. The lowest BCUT2D eigenvalue weighted by atomic mass is 10.2. The predicted octanol–water partition coefficient (Wildman–Crippen LogP) is 5.98. The van der Waals surface area contributed by atoms with Gasteiger partial charge in [-0.05, 0) is 24.8 Å². The lowest BCUT2D eigenvalue weighted by Crippen LogP contribution is -2.28. The van der Waals surface area contributed by atoms with Gasteiger partial charge >= 0.3 is 0 Å². The third-order valence-corrected chi connectivity index (χ3v) is 9.77. The Morgan fingerprint density at radius 2 is 1.62 bits per heavy atom. The first kappa shape index (κ1) is 18.2. The molecule has 0 aromatic heterocycles. The Kier molecular flexibility index (Phi) is 9.36. The van der Waals surface area contributed by atoms with Crippen LogP contribution in [0.2, 0.25) is 18.1 Å². The number of benzene rings is 1. The summed E-state index contributed by atoms with van der Waals surface area (Å²) in [6.07, 6.45) is 6.06. The van der Waals surface area contributed by atoms with E-state index in [4.69, 9.17) is 4.74 Å². The van der Waals surface area contributed by atoms with Crippen molar-refractivity contribution in [2.45, 2.75) is 64.8 Å². The number of unbranched alkanes of at least 4 members (excludes halogenated alkanes) is 2. The van der Waals surface area contributed by atoms with E-state index < -0.39 is 8.07 Å². The van der Waals surface area contributed by atoms with Gasteiger partial charge in [0, 0.05) is 6.61 Å². The van der Waals surface area contributed by atoms with Crippen LogP contribution in [0.15, 0.2) is 42.1 Å². The second kappa shape index (κ2) is 10.8. The highest BCUT2D eigenvalue weighted by atomic mass is 28.3. The van der Waals surface area contributed by atoms with Crippen LogP contribution in [-0.2, 0) is 11.3 Å². The van der Waals surface area contributed by atoms with Crippen molar-refractivity contribution in [3.05, 3.63) is 47.7 Å². The molecule has 0 unspecified atom stereocenters. The topological polar surface area (TPSA) is 9.23 Å². The van der Waals surface area contributed by atoms with E-state index in [-0.39, 0.29) is 0 Å². The number of hydrogen-bond acceptors (Lipinski definition) is 1.